The zero-order chi connectivity index (χ0) is 9.30. The first-order valence-corrected chi connectivity index (χ1v) is 3.91. The summed E-state index contributed by atoms with van der Waals surface area (Å²) in [5.41, 5.74) is 2.87. The van der Waals surface area contributed by atoms with E-state index in [1.165, 1.54) is 0 Å². The predicted molar refractivity (Wildman–Crippen MR) is 46.3 cm³/mol. The third-order valence-corrected chi connectivity index (χ3v) is 2.14. The highest BCUT2D eigenvalue weighted by atomic mass is 16.4. The van der Waals surface area contributed by atoms with Gasteiger partial charge in [-0.2, -0.15) is 0 Å². The van der Waals surface area contributed by atoms with Crippen LogP contribution in [0.15, 0.2) is 6.20 Å². The molecule has 1 unspecified atom stereocenters. The van der Waals surface area contributed by atoms with Gasteiger partial charge in [-0.05, 0) is 31.9 Å². The molecule has 3 heteroatoms. The Morgan fingerprint density at radius 3 is 2.50 bits per heavy atom. The summed E-state index contributed by atoms with van der Waals surface area (Å²) in [4.78, 5) is 13.7. The van der Waals surface area contributed by atoms with E-state index < -0.39 is 11.9 Å². The average molecular weight is 167 g/mol. The first-order chi connectivity index (χ1) is 5.54. The van der Waals surface area contributed by atoms with E-state index in [0.29, 0.717) is 0 Å². The molecule has 0 saturated carbocycles. The number of carbonyl (C=O) groups is 1. The zero-order valence-corrected chi connectivity index (χ0v) is 7.51. The number of aliphatic carboxylic acids is 1. The SMILES string of the molecule is Cc1c[nH]c(C)c1C(C)C(=O)O. The molecule has 2 N–H and O–H groups in total. The molecule has 3 nitrogen and oxygen atoms in total. The van der Waals surface area contributed by atoms with Crippen molar-refractivity contribution in [3.63, 3.8) is 0 Å². The zero-order valence-electron chi connectivity index (χ0n) is 7.51. The van der Waals surface area contributed by atoms with E-state index in [-0.39, 0.29) is 0 Å². The lowest BCUT2D eigenvalue weighted by Gasteiger charge is -2.06. The van der Waals surface area contributed by atoms with Crippen molar-refractivity contribution in [1.29, 1.82) is 0 Å². The Morgan fingerprint density at radius 2 is 2.17 bits per heavy atom. The van der Waals surface area contributed by atoms with Crippen molar-refractivity contribution in [2.24, 2.45) is 0 Å². The van der Waals surface area contributed by atoms with Gasteiger partial charge in [0.25, 0.3) is 0 Å². The third kappa shape index (κ3) is 1.35. The van der Waals surface area contributed by atoms with Gasteiger partial charge in [-0.25, -0.2) is 0 Å². The summed E-state index contributed by atoms with van der Waals surface area (Å²) in [5.74, 6) is -1.20. The van der Waals surface area contributed by atoms with Crippen LogP contribution in [0, 0.1) is 13.8 Å². The smallest absolute Gasteiger partial charge is 0.310 e. The van der Waals surface area contributed by atoms with Crippen LogP contribution >= 0.6 is 0 Å². The van der Waals surface area contributed by atoms with Crippen molar-refractivity contribution in [3.8, 4) is 0 Å². The first kappa shape index (κ1) is 8.84. The maximum atomic E-state index is 10.7. The van der Waals surface area contributed by atoms with E-state index in [9.17, 15) is 4.79 Å². The van der Waals surface area contributed by atoms with Gasteiger partial charge >= 0.3 is 5.97 Å². The van der Waals surface area contributed by atoms with Crippen LogP contribution in [0.2, 0.25) is 0 Å². The fourth-order valence-electron chi connectivity index (χ4n) is 1.46. The van der Waals surface area contributed by atoms with Gasteiger partial charge in [0.05, 0.1) is 5.92 Å². The van der Waals surface area contributed by atoms with Crippen LogP contribution in [0.4, 0.5) is 0 Å². The summed E-state index contributed by atoms with van der Waals surface area (Å²) < 4.78 is 0. The van der Waals surface area contributed by atoms with Gasteiger partial charge in [0.1, 0.15) is 0 Å². The van der Waals surface area contributed by atoms with Crippen molar-refractivity contribution < 1.29 is 9.90 Å². The van der Waals surface area contributed by atoms with E-state index >= 15 is 0 Å². The van der Waals surface area contributed by atoms with E-state index in [1.54, 1.807) is 6.92 Å². The van der Waals surface area contributed by atoms with E-state index in [0.717, 1.165) is 16.8 Å². The Labute approximate surface area is 71.4 Å². The molecule has 1 rings (SSSR count). The maximum Gasteiger partial charge on any atom is 0.310 e. The molecule has 0 fully saturated rings. The Bertz CT molecular complexity index is 282. The Morgan fingerprint density at radius 1 is 1.58 bits per heavy atom. The lowest BCUT2D eigenvalue weighted by molar-refractivity contribution is -0.138. The number of H-pyrrole nitrogens is 1. The Kier molecular flexibility index (Phi) is 2.22. The molecular formula is C9H13NO2. The van der Waals surface area contributed by atoms with Gasteiger partial charge < -0.3 is 10.1 Å². The summed E-state index contributed by atoms with van der Waals surface area (Å²) in [6.07, 6.45) is 1.84. The first-order valence-electron chi connectivity index (χ1n) is 3.91. The highest BCUT2D eigenvalue weighted by Gasteiger charge is 2.18. The van der Waals surface area contributed by atoms with Crippen molar-refractivity contribution in [3.05, 3.63) is 23.0 Å². The second-order valence-electron chi connectivity index (χ2n) is 3.07. The van der Waals surface area contributed by atoms with Crippen molar-refractivity contribution in [1.82, 2.24) is 4.98 Å². The molecule has 12 heavy (non-hydrogen) atoms. The second-order valence-corrected chi connectivity index (χ2v) is 3.07. The number of aryl methyl sites for hydroxylation is 2. The Hall–Kier alpha value is -1.25. The minimum absolute atomic E-state index is 0.420. The fraction of sp³-hybridized carbons (Fsp3) is 0.444. The minimum Gasteiger partial charge on any atom is -0.481 e. The van der Waals surface area contributed by atoms with Crippen molar-refractivity contribution >= 4 is 5.97 Å². The molecule has 1 aromatic heterocycles. The van der Waals surface area contributed by atoms with Crippen LogP contribution in [0.5, 0.6) is 0 Å². The molecule has 0 saturated heterocycles. The van der Waals surface area contributed by atoms with Gasteiger partial charge in [-0.15, -0.1) is 0 Å². The van der Waals surface area contributed by atoms with E-state index in [4.69, 9.17) is 5.11 Å². The summed E-state index contributed by atoms with van der Waals surface area (Å²) in [6, 6.07) is 0. The maximum absolute atomic E-state index is 10.7. The molecule has 0 aliphatic carbocycles. The highest BCUT2D eigenvalue weighted by molar-refractivity contribution is 5.76. The number of aromatic amines is 1. The van der Waals surface area contributed by atoms with Gasteiger partial charge in [-0.3, -0.25) is 4.79 Å². The number of nitrogens with one attached hydrogen (secondary N) is 1. The van der Waals surface area contributed by atoms with Gasteiger partial charge in [0.2, 0.25) is 0 Å². The number of hydrogen-bond donors (Lipinski definition) is 2. The molecule has 0 radical (unpaired) electrons. The summed E-state index contributed by atoms with van der Waals surface area (Å²) in [7, 11) is 0. The van der Waals surface area contributed by atoms with Crippen LogP contribution in [0.3, 0.4) is 0 Å². The lowest BCUT2D eigenvalue weighted by atomic mass is 9.98. The van der Waals surface area contributed by atoms with Gasteiger partial charge in [-0.1, -0.05) is 0 Å². The summed E-state index contributed by atoms with van der Waals surface area (Å²) in [6.45, 7) is 5.51. The van der Waals surface area contributed by atoms with Crippen molar-refractivity contribution in [2.75, 3.05) is 0 Å². The van der Waals surface area contributed by atoms with Crippen LogP contribution in [-0.4, -0.2) is 16.1 Å². The topological polar surface area (TPSA) is 53.1 Å². The number of rotatable bonds is 2. The molecule has 1 aromatic rings. The van der Waals surface area contributed by atoms with E-state index in [1.807, 2.05) is 20.0 Å². The number of carboxylic acids is 1. The average Bonchev–Trinajstić information content (AvgIpc) is 2.30. The van der Waals surface area contributed by atoms with Gasteiger partial charge in [0.15, 0.2) is 0 Å². The van der Waals surface area contributed by atoms with Crippen LogP contribution in [0.1, 0.15) is 29.7 Å². The van der Waals surface area contributed by atoms with Crippen LogP contribution < -0.4 is 0 Å². The predicted octanol–water partition coefficient (Wildman–Crippen LogP) is 1.82. The molecule has 0 bridgehead atoms. The quantitative estimate of drug-likeness (QED) is 0.705. The monoisotopic (exact) mass is 167 g/mol. The molecule has 1 heterocycles. The number of hydrogen-bond acceptors (Lipinski definition) is 1. The van der Waals surface area contributed by atoms with Crippen molar-refractivity contribution in [2.45, 2.75) is 26.7 Å². The molecule has 0 amide bonds. The number of aromatic nitrogens is 1. The second kappa shape index (κ2) is 3.01. The molecule has 1 atom stereocenters. The summed E-state index contributed by atoms with van der Waals surface area (Å²) in [5, 5.41) is 8.79. The molecule has 66 valence electrons. The fourth-order valence-corrected chi connectivity index (χ4v) is 1.46. The number of carboxylic acid groups (broad SMARTS) is 1. The molecule has 0 aliphatic rings. The molecule has 0 aromatic carbocycles. The normalized spacial score (nSPS) is 12.9. The molecule has 0 aliphatic heterocycles. The lowest BCUT2D eigenvalue weighted by Crippen LogP contribution is -2.08. The third-order valence-electron chi connectivity index (χ3n) is 2.14. The van der Waals surface area contributed by atoms with Crippen LogP contribution in [-0.2, 0) is 4.79 Å². The highest BCUT2D eigenvalue weighted by Crippen LogP contribution is 2.22. The van der Waals surface area contributed by atoms with Crippen LogP contribution in [0.25, 0.3) is 0 Å². The Balaban J connectivity index is 3.08. The molecule has 0 spiro atoms. The van der Waals surface area contributed by atoms with Gasteiger partial charge in [0, 0.05) is 11.9 Å². The summed E-state index contributed by atoms with van der Waals surface area (Å²) >= 11 is 0. The minimum atomic E-state index is -0.777. The molecular weight excluding hydrogens is 154 g/mol. The standard InChI is InChI=1S/C9H13NO2/c1-5-4-10-7(3)8(5)6(2)9(11)12/h4,6,10H,1-3H3,(H,11,12). The largest absolute Gasteiger partial charge is 0.481 e. The van der Waals surface area contributed by atoms with E-state index in [2.05, 4.69) is 4.98 Å².